The molecule has 0 aliphatic carbocycles. The normalized spacial score (nSPS) is 18.0. The van der Waals surface area contributed by atoms with Gasteiger partial charge in [0.15, 0.2) is 0 Å². The van der Waals surface area contributed by atoms with E-state index >= 15 is 0 Å². The van der Waals surface area contributed by atoms with Crippen molar-refractivity contribution in [3.63, 3.8) is 0 Å². The largest absolute Gasteiger partial charge is 0.371 e. The molecule has 1 unspecified atom stereocenters. The third-order valence-corrected chi connectivity index (χ3v) is 4.86. The molecule has 1 aromatic carbocycles. The zero-order valence-corrected chi connectivity index (χ0v) is 13.7. The third-order valence-electron chi connectivity index (χ3n) is 4.86. The molecule has 4 nitrogen and oxygen atoms in total. The summed E-state index contributed by atoms with van der Waals surface area (Å²) in [5, 5.41) is 5.55. The van der Waals surface area contributed by atoms with Gasteiger partial charge in [-0.25, -0.2) is 0 Å². The molecule has 4 heteroatoms. The van der Waals surface area contributed by atoms with E-state index in [0.29, 0.717) is 5.92 Å². The third kappa shape index (κ3) is 2.69. The lowest BCUT2D eigenvalue weighted by atomic mass is 10.0. The number of fused-ring (bicyclic) bond motifs is 1. The zero-order valence-electron chi connectivity index (χ0n) is 13.7. The molecule has 1 saturated heterocycles. The smallest absolute Gasteiger partial charge is 0.0751 e. The van der Waals surface area contributed by atoms with Gasteiger partial charge < -0.3 is 4.90 Å². The molecule has 3 heterocycles. The van der Waals surface area contributed by atoms with Crippen molar-refractivity contribution in [2.75, 3.05) is 18.0 Å². The highest BCUT2D eigenvalue weighted by molar-refractivity contribution is 5.93. The van der Waals surface area contributed by atoms with Gasteiger partial charge in [0.25, 0.3) is 0 Å². The quantitative estimate of drug-likeness (QED) is 0.744. The minimum absolute atomic E-state index is 0.701. The number of nitrogens with zero attached hydrogens (tertiary/aromatic N) is 4. The molecule has 0 bridgehead atoms. The molecule has 0 saturated carbocycles. The average Bonchev–Trinajstić information content (AvgIpc) is 3.17. The Morgan fingerprint density at radius 2 is 2.17 bits per heavy atom. The van der Waals surface area contributed by atoms with Crippen LogP contribution in [0.2, 0.25) is 0 Å². The maximum Gasteiger partial charge on any atom is 0.0751 e. The number of pyridine rings is 1. The minimum Gasteiger partial charge on any atom is -0.371 e. The van der Waals surface area contributed by atoms with Crippen LogP contribution in [0.3, 0.4) is 0 Å². The maximum atomic E-state index is 4.56. The summed E-state index contributed by atoms with van der Waals surface area (Å²) in [5.74, 6) is 0.701. The first-order valence-corrected chi connectivity index (χ1v) is 8.27. The second-order valence-electron chi connectivity index (χ2n) is 6.63. The first-order chi connectivity index (χ1) is 11.2. The van der Waals surface area contributed by atoms with E-state index in [9.17, 15) is 0 Å². The van der Waals surface area contributed by atoms with Gasteiger partial charge in [-0.3, -0.25) is 9.67 Å². The molecule has 3 aromatic rings. The second kappa shape index (κ2) is 5.69. The van der Waals surface area contributed by atoms with E-state index in [1.807, 2.05) is 24.1 Å². The molecule has 1 aliphatic rings. The summed E-state index contributed by atoms with van der Waals surface area (Å²) in [6.07, 6.45) is 8.43. The standard InChI is InChI=1S/C19H22N4/c1-14-4-3-5-17-18(6-8-20-19(14)17)23-9-7-15(13-23)10-16-11-21-22(2)12-16/h3-6,8,11-12,15H,7,9-10,13H2,1-2H3. The average molecular weight is 306 g/mol. The van der Waals surface area contributed by atoms with Crippen LogP contribution in [0, 0.1) is 12.8 Å². The van der Waals surface area contributed by atoms with Gasteiger partial charge >= 0.3 is 0 Å². The Balaban J connectivity index is 1.57. The summed E-state index contributed by atoms with van der Waals surface area (Å²) in [4.78, 5) is 7.08. The van der Waals surface area contributed by atoms with E-state index in [0.717, 1.165) is 25.0 Å². The second-order valence-corrected chi connectivity index (χ2v) is 6.63. The Morgan fingerprint density at radius 3 is 3.00 bits per heavy atom. The number of benzene rings is 1. The van der Waals surface area contributed by atoms with Gasteiger partial charge in [0.2, 0.25) is 0 Å². The fourth-order valence-electron chi connectivity index (χ4n) is 3.71. The monoisotopic (exact) mass is 306 g/mol. The van der Waals surface area contributed by atoms with Crippen LogP contribution in [-0.4, -0.2) is 27.9 Å². The van der Waals surface area contributed by atoms with Crippen molar-refractivity contribution in [2.24, 2.45) is 13.0 Å². The van der Waals surface area contributed by atoms with Crippen LogP contribution in [-0.2, 0) is 13.5 Å². The molecule has 1 atom stereocenters. The van der Waals surface area contributed by atoms with Gasteiger partial charge in [-0.05, 0) is 42.9 Å². The molecule has 0 spiro atoms. The Bertz CT molecular complexity index is 836. The van der Waals surface area contributed by atoms with Crippen LogP contribution in [0.15, 0.2) is 42.9 Å². The Morgan fingerprint density at radius 1 is 1.26 bits per heavy atom. The maximum absolute atomic E-state index is 4.56. The highest BCUT2D eigenvalue weighted by Gasteiger charge is 2.24. The van der Waals surface area contributed by atoms with E-state index in [-0.39, 0.29) is 0 Å². The Labute approximate surface area is 136 Å². The molecule has 1 aliphatic heterocycles. The van der Waals surface area contributed by atoms with Gasteiger partial charge in [0, 0.05) is 43.6 Å². The highest BCUT2D eigenvalue weighted by atomic mass is 15.2. The summed E-state index contributed by atoms with van der Waals surface area (Å²) in [6.45, 7) is 4.37. The van der Waals surface area contributed by atoms with E-state index in [1.54, 1.807) is 0 Å². The van der Waals surface area contributed by atoms with Crippen molar-refractivity contribution < 1.29 is 0 Å². The number of aryl methyl sites for hydroxylation is 2. The molecule has 0 amide bonds. The Kier molecular flexibility index (Phi) is 3.52. The van der Waals surface area contributed by atoms with Crippen LogP contribution in [0.4, 0.5) is 5.69 Å². The molecule has 23 heavy (non-hydrogen) atoms. The zero-order chi connectivity index (χ0) is 15.8. The van der Waals surface area contributed by atoms with Crippen LogP contribution in [0.1, 0.15) is 17.5 Å². The molecular weight excluding hydrogens is 284 g/mol. The minimum atomic E-state index is 0.701. The van der Waals surface area contributed by atoms with Gasteiger partial charge in [-0.15, -0.1) is 0 Å². The van der Waals surface area contributed by atoms with E-state index < -0.39 is 0 Å². The van der Waals surface area contributed by atoms with Crippen LogP contribution in [0.25, 0.3) is 10.9 Å². The van der Waals surface area contributed by atoms with Crippen molar-refractivity contribution in [1.82, 2.24) is 14.8 Å². The van der Waals surface area contributed by atoms with Crippen molar-refractivity contribution in [1.29, 1.82) is 0 Å². The van der Waals surface area contributed by atoms with Gasteiger partial charge in [0.05, 0.1) is 11.7 Å². The predicted molar refractivity (Wildman–Crippen MR) is 93.7 cm³/mol. The van der Waals surface area contributed by atoms with Gasteiger partial charge in [-0.2, -0.15) is 5.10 Å². The fraction of sp³-hybridized carbons (Fsp3) is 0.368. The molecule has 0 radical (unpaired) electrons. The van der Waals surface area contributed by atoms with E-state index in [1.165, 1.54) is 28.6 Å². The molecule has 2 aromatic heterocycles. The number of anilines is 1. The number of para-hydroxylation sites is 1. The van der Waals surface area contributed by atoms with E-state index in [2.05, 4.69) is 52.4 Å². The molecule has 118 valence electrons. The predicted octanol–water partition coefficient (Wildman–Crippen LogP) is 3.35. The number of aromatic nitrogens is 3. The molecule has 4 rings (SSSR count). The molecule has 0 N–H and O–H groups in total. The topological polar surface area (TPSA) is 34.0 Å². The van der Waals surface area contributed by atoms with Crippen molar-refractivity contribution in [3.05, 3.63) is 54.0 Å². The summed E-state index contributed by atoms with van der Waals surface area (Å²) in [7, 11) is 1.98. The lowest BCUT2D eigenvalue weighted by molar-refractivity contribution is 0.586. The van der Waals surface area contributed by atoms with Crippen LogP contribution >= 0.6 is 0 Å². The van der Waals surface area contributed by atoms with E-state index in [4.69, 9.17) is 0 Å². The van der Waals surface area contributed by atoms with Crippen molar-refractivity contribution >= 4 is 16.6 Å². The summed E-state index contributed by atoms with van der Waals surface area (Å²) < 4.78 is 1.89. The highest BCUT2D eigenvalue weighted by Crippen LogP contribution is 2.32. The number of hydrogen-bond acceptors (Lipinski definition) is 3. The lowest BCUT2D eigenvalue weighted by Gasteiger charge is -2.21. The molecular formula is C19H22N4. The van der Waals surface area contributed by atoms with Crippen molar-refractivity contribution in [2.45, 2.75) is 19.8 Å². The number of rotatable bonds is 3. The SMILES string of the molecule is Cc1cccc2c(N3CCC(Cc4cnn(C)c4)C3)ccnc12. The summed E-state index contributed by atoms with van der Waals surface area (Å²) in [5.41, 5.74) is 5.04. The van der Waals surface area contributed by atoms with Gasteiger partial charge in [-0.1, -0.05) is 18.2 Å². The lowest BCUT2D eigenvalue weighted by Crippen LogP contribution is -2.20. The summed E-state index contributed by atoms with van der Waals surface area (Å²) in [6, 6.07) is 8.62. The molecule has 1 fully saturated rings. The van der Waals surface area contributed by atoms with Gasteiger partial charge in [0.1, 0.15) is 0 Å². The summed E-state index contributed by atoms with van der Waals surface area (Å²) >= 11 is 0. The fourth-order valence-corrected chi connectivity index (χ4v) is 3.71. The van der Waals surface area contributed by atoms with Crippen LogP contribution in [0.5, 0.6) is 0 Å². The first kappa shape index (κ1) is 14.2. The first-order valence-electron chi connectivity index (χ1n) is 8.27. The number of hydrogen-bond donors (Lipinski definition) is 0. The van der Waals surface area contributed by atoms with Crippen LogP contribution < -0.4 is 4.90 Å². The Hall–Kier alpha value is -2.36. The van der Waals surface area contributed by atoms with Crippen molar-refractivity contribution in [3.8, 4) is 0 Å².